The van der Waals surface area contributed by atoms with Crippen molar-refractivity contribution < 1.29 is 33.3 Å². The van der Waals surface area contributed by atoms with Crippen molar-refractivity contribution in [1.29, 1.82) is 0 Å². The number of furan rings is 2. The van der Waals surface area contributed by atoms with E-state index in [-0.39, 0.29) is 37.8 Å². The van der Waals surface area contributed by atoms with Gasteiger partial charge in [0.1, 0.15) is 16.7 Å². The number of para-hydroxylation sites is 3. The van der Waals surface area contributed by atoms with Crippen LogP contribution in [0.5, 0.6) is 0 Å². The number of aromatic nitrogens is 3. The number of hydrogen-bond donors (Lipinski definition) is 0. The van der Waals surface area contributed by atoms with Crippen LogP contribution >= 0.6 is 0 Å². The zero-order valence-corrected chi connectivity index (χ0v) is 51.7. The summed E-state index contributed by atoms with van der Waals surface area (Å²) in [6, 6.07) is 59.2. The predicted octanol–water partition coefficient (Wildman–Crippen LogP) is 20.5. The molecule has 0 aliphatic rings. The van der Waals surface area contributed by atoms with E-state index < -0.39 is 8.07 Å². The van der Waals surface area contributed by atoms with Crippen LogP contribution in [0.4, 0.5) is 4.39 Å². The molecule has 0 N–H and O–H groups in total. The molecule has 8 aromatic carbocycles. The van der Waals surface area contributed by atoms with E-state index in [0.29, 0.717) is 17.8 Å². The molecule has 0 saturated heterocycles. The molecule has 0 spiro atoms. The predicted molar refractivity (Wildman–Crippen MR) is 333 cm³/mol. The monoisotopic (exact) mass is 1250 g/mol. The Bertz CT molecular complexity index is 4150. The van der Waals surface area contributed by atoms with E-state index in [1.54, 1.807) is 6.07 Å². The van der Waals surface area contributed by atoms with Crippen molar-refractivity contribution in [3.63, 3.8) is 0 Å². The Hall–Kier alpha value is -7.22. The molecule has 1 radical (unpaired) electrons. The SMILES string of the molecule is CC(C)c1cc(C(C)C)c(-c2ccc(-c3cc(C(C)C)c(-n4c(-c5[c-]ccc6c5oc5cc7c(cc56)oc5ccccc57)nc5ccccc54)c(C(C)C)c3)cc2)c(C(C)C)c1.C[Si](C)(C)c1ccc(-c2[c-]cc(F)cc2)nc1.[Ir]. The fourth-order valence-corrected chi connectivity index (χ4v) is 12.2. The molecule has 4 heterocycles. The molecule has 0 saturated carbocycles. The minimum atomic E-state index is -1.30. The van der Waals surface area contributed by atoms with Gasteiger partial charge in [0.25, 0.3) is 0 Å². The molecule has 8 heteroatoms. The zero-order chi connectivity index (χ0) is 55.6. The summed E-state index contributed by atoms with van der Waals surface area (Å²) in [7, 11) is -1.30. The first-order valence-corrected chi connectivity index (χ1v) is 31.6. The van der Waals surface area contributed by atoms with Crippen LogP contribution in [0.25, 0.3) is 105 Å². The van der Waals surface area contributed by atoms with Crippen LogP contribution in [0.2, 0.25) is 19.6 Å². The molecule has 0 unspecified atom stereocenters. The summed E-state index contributed by atoms with van der Waals surface area (Å²) in [6.07, 6.45) is 1.93. The van der Waals surface area contributed by atoms with E-state index >= 15 is 0 Å². The first-order chi connectivity index (χ1) is 37.8. The van der Waals surface area contributed by atoms with Crippen LogP contribution in [0.1, 0.15) is 127 Å². The maximum absolute atomic E-state index is 12.8. The Morgan fingerprint density at radius 3 is 1.75 bits per heavy atom. The number of imidazole rings is 1. The number of hydrogen-bond acceptors (Lipinski definition) is 4. The number of halogens is 1. The summed E-state index contributed by atoms with van der Waals surface area (Å²) in [4.78, 5) is 9.82. The van der Waals surface area contributed by atoms with Gasteiger partial charge in [-0.05, 0) is 133 Å². The second-order valence-corrected chi connectivity index (χ2v) is 29.0. The minimum Gasteiger partial charge on any atom is -0.501 e. The van der Waals surface area contributed by atoms with Crippen LogP contribution in [0.3, 0.4) is 0 Å². The molecular formula is C72H70FIrN3O2Si-2. The Morgan fingerprint density at radius 2 is 1.15 bits per heavy atom. The van der Waals surface area contributed by atoms with Gasteiger partial charge in [-0.25, -0.2) is 0 Å². The third-order valence-corrected chi connectivity index (χ3v) is 17.7. The number of fused-ring (bicyclic) bond motifs is 7. The minimum absolute atomic E-state index is 0. The van der Waals surface area contributed by atoms with E-state index in [1.165, 1.54) is 73.1 Å². The van der Waals surface area contributed by atoms with Crippen molar-refractivity contribution in [2.75, 3.05) is 0 Å². The van der Waals surface area contributed by atoms with Crippen molar-refractivity contribution in [3.05, 3.63) is 204 Å². The number of pyridine rings is 1. The van der Waals surface area contributed by atoms with Gasteiger partial charge in [0.05, 0.1) is 30.5 Å². The third-order valence-electron chi connectivity index (χ3n) is 15.7. The molecule has 0 atom stereocenters. The largest absolute Gasteiger partial charge is 0.501 e. The van der Waals surface area contributed by atoms with Gasteiger partial charge in [-0.2, -0.15) is 0 Å². The molecule has 407 valence electrons. The van der Waals surface area contributed by atoms with Gasteiger partial charge in [-0.15, -0.1) is 48.0 Å². The molecule has 0 aliphatic carbocycles. The standard InChI is InChI=1S/C58H55N2O2.C14H15FNSi.Ir/c1-32(2)39-26-44(33(3)4)55(45(27-39)34(5)6)38-24-22-37(23-25-38)40-28-46(35(7)8)56(47(29-40)36(9)10)60-51-20-13-12-19-50(51)59-58(60)43-18-15-17-42-49-31-53-48(30-54(49)62-57(42)43)41-16-11-14-21-52(41)61-53;1-17(2,3)13-8-9-14(16-10-13)11-4-6-12(15)7-5-11;/h11-17,19-36H,1-10H3;4,6-10H,1-3H3;/q2*-1;. The van der Waals surface area contributed by atoms with Crippen molar-refractivity contribution >= 4 is 68.2 Å². The summed E-state index contributed by atoms with van der Waals surface area (Å²) in [5, 5.41) is 5.47. The molecule has 12 rings (SSSR count). The van der Waals surface area contributed by atoms with Crippen molar-refractivity contribution in [2.45, 2.75) is 118 Å². The van der Waals surface area contributed by atoms with E-state index in [9.17, 15) is 4.39 Å². The molecule has 0 aliphatic heterocycles. The summed E-state index contributed by atoms with van der Waals surface area (Å²) in [5.41, 5.74) is 20.9. The van der Waals surface area contributed by atoms with Gasteiger partial charge in [-0.1, -0.05) is 179 Å². The van der Waals surface area contributed by atoms with Crippen molar-refractivity contribution in [2.24, 2.45) is 0 Å². The van der Waals surface area contributed by atoms with Gasteiger partial charge in [0, 0.05) is 54.0 Å². The normalized spacial score (nSPS) is 12.1. The quantitative estimate of drug-likeness (QED) is 0.0956. The molecule has 0 fully saturated rings. The summed E-state index contributed by atoms with van der Waals surface area (Å²) >= 11 is 0. The Kier molecular flexibility index (Phi) is 15.7. The van der Waals surface area contributed by atoms with Gasteiger partial charge in [-0.3, -0.25) is 9.37 Å². The van der Waals surface area contributed by atoms with Crippen LogP contribution in [-0.2, 0) is 20.1 Å². The summed E-state index contributed by atoms with van der Waals surface area (Å²) in [6.45, 7) is 30.0. The van der Waals surface area contributed by atoms with Crippen LogP contribution < -0.4 is 5.19 Å². The van der Waals surface area contributed by atoms with Crippen LogP contribution in [-0.4, -0.2) is 22.6 Å². The van der Waals surface area contributed by atoms with E-state index in [1.807, 2.05) is 30.5 Å². The Balaban J connectivity index is 0.000000342. The smallest absolute Gasteiger partial charge is 0.136 e. The molecule has 4 aromatic heterocycles. The van der Waals surface area contributed by atoms with Crippen LogP contribution in [0.15, 0.2) is 167 Å². The average Bonchev–Trinajstić information content (AvgIpc) is 4.17. The summed E-state index contributed by atoms with van der Waals surface area (Å²) < 4.78 is 28.3. The fourth-order valence-electron chi connectivity index (χ4n) is 11.2. The van der Waals surface area contributed by atoms with Crippen LogP contribution in [0, 0.1) is 17.9 Å². The molecular weight excluding hydrogens is 1180 g/mol. The summed E-state index contributed by atoms with van der Waals surface area (Å²) in [5.74, 6) is 2.33. The maximum Gasteiger partial charge on any atom is 0.136 e. The second-order valence-electron chi connectivity index (χ2n) is 23.9. The number of rotatable bonds is 11. The van der Waals surface area contributed by atoms with Gasteiger partial charge >= 0.3 is 0 Å². The second kappa shape index (κ2) is 22.4. The molecule has 12 aromatic rings. The fraction of sp³-hybridized carbons (Fsp3) is 0.250. The maximum atomic E-state index is 12.8. The zero-order valence-electron chi connectivity index (χ0n) is 48.3. The van der Waals surface area contributed by atoms with Crippen molar-refractivity contribution in [1.82, 2.24) is 14.5 Å². The van der Waals surface area contributed by atoms with Gasteiger partial charge in [0.15, 0.2) is 0 Å². The third kappa shape index (κ3) is 10.5. The van der Waals surface area contributed by atoms with E-state index in [0.717, 1.165) is 77.6 Å². The molecule has 80 heavy (non-hydrogen) atoms. The molecule has 0 amide bonds. The first kappa shape index (κ1) is 56.1. The van der Waals surface area contributed by atoms with Gasteiger partial charge in [0.2, 0.25) is 0 Å². The number of nitrogens with zero attached hydrogens (tertiary/aromatic N) is 3. The molecule has 5 nitrogen and oxygen atoms in total. The number of benzene rings is 8. The Morgan fingerprint density at radius 1 is 0.537 bits per heavy atom. The molecule has 0 bridgehead atoms. The topological polar surface area (TPSA) is 57.0 Å². The van der Waals surface area contributed by atoms with E-state index in [2.05, 4.69) is 220 Å². The van der Waals surface area contributed by atoms with Gasteiger partial charge < -0.3 is 18.4 Å². The first-order valence-electron chi connectivity index (χ1n) is 28.1. The average molecular weight is 1250 g/mol. The van der Waals surface area contributed by atoms with Crippen molar-refractivity contribution in [3.8, 4) is 50.6 Å². The Labute approximate surface area is 485 Å². The van der Waals surface area contributed by atoms with E-state index in [4.69, 9.17) is 13.8 Å².